The van der Waals surface area contributed by atoms with Gasteiger partial charge < -0.3 is 5.11 Å². The lowest BCUT2D eigenvalue weighted by atomic mass is 9.97. The van der Waals surface area contributed by atoms with E-state index in [0.717, 1.165) is 12.3 Å². The molecular formula is C27H56O. The first-order valence-corrected chi connectivity index (χ1v) is 13.4. The smallest absolute Gasteiger partial charge is 0.0431 e. The highest BCUT2D eigenvalue weighted by Gasteiger charge is 2.01. The molecule has 0 spiro atoms. The van der Waals surface area contributed by atoms with Crippen LogP contribution in [0.15, 0.2) is 0 Å². The van der Waals surface area contributed by atoms with Crippen molar-refractivity contribution in [3.8, 4) is 0 Å². The van der Waals surface area contributed by atoms with Gasteiger partial charge in [0.2, 0.25) is 0 Å². The molecule has 0 radical (unpaired) electrons. The Balaban J connectivity index is 3.03. The monoisotopic (exact) mass is 396 g/mol. The number of aliphatic hydroxyl groups is 1. The summed E-state index contributed by atoms with van der Waals surface area (Å²) in [5, 5.41) is 8.86. The van der Waals surface area contributed by atoms with Crippen molar-refractivity contribution < 1.29 is 5.11 Å². The quantitative estimate of drug-likeness (QED) is 0.161. The number of unbranched alkanes of at least 4 members (excludes halogenated alkanes) is 19. The van der Waals surface area contributed by atoms with E-state index in [1.54, 1.807) is 0 Å². The zero-order valence-corrected chi connectivity index (χ0v) is 20.0. The molecule has 0 aromatic rings. The molecule has 170 valence electrons. The highest BCUT2D eigenvalue weighted by atomic mass is 16.2. The summed E-state index contributed by atoms with van der Waals surface area (Å²) >= 11 is 0. The molecule has 0 aromatic carbocycles. The average molecular weight is 397 g/mol. The predicted molar refractivity (Wildman–Crippen MR) is 128 cm³/mol. The minimum Gasteiger partial charge on any atom is -0.396 e. The van der Waals surface area contributed by atoms with E-state index in [4.69, 9.17) is 5.11 Å². The number of aliphatic hydroxyl groups excluding tert-OH is 1. The fourth-order valence-electron chi connectivity index (χ4n) is 4.33. The molecule has 1 nitrogen and oxygen atoms in total. The first kappa shape index (κ1) is 28.0. The lowest BCUT2D eigenvalue weighted by Gasteiger charge is -2.09. The lowest BCUT2D eigenvalue weighted by molar-refractivity contribution is 0.270. The van der Waals surface area contributed by atoms with Crippen LogP contribution in [0.4, 0.5) is 0 Å². The van der Waals surface area contributed by atoms with Gasteiger partial charge in [-0.25, -0.2) is 0 Å². The predicted octanol–water partition coefficient (Wildman–Crippen LogP) is 9.61. The zero-order chi connectivity index (χ0) is 20.5. The molecule has 0 fully saturated rings. The Kier molecular flexibility index (Phi) is 25.0. The van der Waals surface area contributed by atoms with Gasteiger partial charge in [0, 0.05) is 6.61 Å². The highest BCUT2D eigenvalue weighted by molar-refractivity contribution is 4.55. The van der Waals surface area contributed by atoms with Crippen molar-refractivity contribution in [1.82, 2.24) is 0 Å². The van der Waals surface area contributed by atoms with Crippen LogP contribution in [0.2, 0.25) is 0 Å². The van der Waals surface area contributed by atoms with E-state index in [1.165, 1.54) is 141 Å². The molecule has 1 heteroatoms. The molecule has 0 rings (SSSR count). The highest BCUT2D eigenvalue weighted by Crippen LogP contribution is 2.17. The summed E-state index contributed by atoms with van der Waals surface area (Å²) in [6, 6.07) is 0. The van der Waals surface area contributed by atoms with Gasteiger partial charge in [0.05, 0.1) is 0 Å². The normalized spacial score (nSPS) is 12.5. The fourth-order valence-corrected chi connectivity index (χ4v) is 4.33. The van der Waals surface area contributed by atoms with E-state index in [9.17, 15) is 0 Å². The van der Waals surface area contributed by atoms with Crippen molar-refractivity contribution >= 4 is 0 Å². The first-order valence-electron chi connectivity index (χ1n) is 13.4. The molecule has 0 saturated heterocycles. The van der Waals surface area contributed by atoms with Crippen LogP contribution < -0.4 is 0 Å². The molecular weight excluding hydrogens is 340 g/mol. The van der Waals surface area contributed by atoms with Gasteiger partial charge in [-0.1, -0.05) is 149 Å². The van der Waals surface area contributed by atoms with Crippen LogP contribution in [0.3, 0.4) is 0 Å². The van der Waals surface area contributed by atoms with Crippen LogP contribution in [0.25, 0.3) is 0 Å². The molecule has 0 aliphatic heterocycles. The third-order valence-corrected chi connectivity index (χ3v) is 6.41. The maximum atomic E-state index is 8.86. The summed E-state index contributed by atoms with van der Waals surface area (Å²) in [6.07, 6.45) is 32.7. The zero-order valence-electron chi connectivity index (χ0n) is 20.0. The Morgan fingerprint density at radius 2 is 0.714 bits per heavy atom. The van der Waals surface area contributed by atoms with Crippen molar-refractivity contribution in [2.24, 2.45) is 5.92 Å². The van der Waals surface area contributed by atoms with E-state index < -0.39 is 0 Å². The van der Waals surface area contributed by atoms with Crippen molar-refractivity contribution in [2.45, 2.75) is 162 Å². The van der Waals surface area contributed by atoms with Crippen molar-refractivity contribution in [3.05, 3.63) is 0 Å². The van der Waals surface area contributed by atoms with Gasteiger partial charge in [0.1, 0.15) is 0 Å². The molecule has 28 heavy (non-hydrogen) atoms. The van der Waals surface area contributed by atoms with E-state index in [-0.39, 0.29) is 0 Å². The number of hydrogen-bond donors (Lipinski definition) is 1. The largest absolute Gasteiger partial charge is 0.396 e. The van der Waals surface area contributed by atoms with Gasteiger partial charge >= 0.3 is 0 Å². The Morgan fingerprint density at radius 1 is 0.429 bits per heavy atom. The first-order chi connectivity index (χ1) is 13.8. The third-order valence-electron chi connectivity index (χ3n) is 6.41. The molecule has 1 N–H and O–H groups in total. The van der Waals surface area contributed by atoms with Crippen LogP contribution in [0, 0.1) is 5.92 Å². The maximum Gasteiger partial charge on any atom is 0.0431 e. The molecule has 0 heterocycles. The Morgan fingerprint density at radius 3 is 1.04 bits per heavy atom. The minimum absolute atomic E-state index is 0.365. The van der Waals surface area contributed by atoms with Crippen molar-refractivity contribution in [3.63, 3.8) is 0 Å². The minimum atomic E-state index is 0.365. The molecule has 0 aliphatic carbocycles. The summed E-state index contributed by atoms with van der Waals surface area (Å²) in [5.74, 6) is 0.808. The second kappa shape index (κ2) is 25.0. The summed E-state index contributed by atoms with van der Waals surface area (Å²) in [7, 11) is 0. The average Bonchev–Trinajstić information content (AvgIpc) is 2.70. The second-order valence-electron chi connectivity index (χ2n) is 9.48. The summed E-state index contributed by atoms with van der Waals surface area (Å²) < 4.78 is 0. The van der Waals surface area contributed by atoms with Crippen LogP contribution >= 0.6 is 0 Å². The van der Waals surface area contributed by atoms with Gasteiger partial charge in [-0.3, -0.25) is 0 Å². The Labute approximate surface area is 179 Å². The molecule has 0 aliphatic rings. The molecule has 0 aromatic heterocycles. The maximum absolute atomic E-state index is 8.86. The van der Waals surface area contributed by atoms with Gasteiger partial charge in [-0.15, -0.1) is 0 Å². The molecule has 0 amide bonds. The van der Waals surface area contributed by atoms with E-state index in [1.807, 2.05) is 0 Å². The van der Waals surface area contributed by atoms with E-state index in [2.05, 4.69) is 13.8 Å². The standard InChI is InChI=1S/C27H56O/c1-3-4-5-6-7-8-9-10-11-12-13-14-15-16-17-18-19-20-21-22-24-27(2)25-23-26-28/h27-28H,3-26H2,1-2H3. The topological polar surface area (TPSA) is 20.2 Å². The Hall–Kier alpha value is -0.0400. The summed E-state index contributed by atoms with van der Waals surface area (Å²) in [4.78, 5) is 0. The van der Waals surface area contributed by atoms with Gasteiger partial charge in [0.15, 0.2) is 0 Å². The summed E-state index contributed by atoms with van der Waals surface area (Å²) in [6.45, 7) is 5.00. The van der Waals surface area contributed by atoms with Gasteiger partial charge in [-0.2, -0.15) is 0 Å². The fraction of sp³-hybridized carbons (Fsp3) is 1.00. The Bertz CT molecular complexity index is 263. The SMILES string of the molecule is CCCCCCCCCCCCCCCCCCCCCCC(C)CCCO. The molecule has 0 bridgehead atoms. The van der Waals surface area contributed by atoms with Crippen LogP contribution in [0.1, 0.15) is 162 Å². The number of hydrogen-bond acceptors (Lipinski definition) is 1. The van der Waals surface area contributed by atoms with Crippen molar-refractivity contribution in [1.29, 1.82) is 0 Å². The second-order valence-corrected chi connectivity index (χ2v) is 9.48. The van der Waals surface area contributed by atoms with Crippen LogP contribution in [0.5, 0.6) is 0 Å². The molecule has 1 atom stereocenters. The van der Waals surface area contributed by atoms with Crippen LogP contribution in [-0.4, -0.2) is 11.7 Å². The van der Waals surface area contributed by atoms with Gasteiger partial charge in [-0.05, 0) is 18.8 Å². The molecule has 0 saturated carbocycles. The molecule has 1 unspecified atom stereocenters. The third kappa shape index (κ3) is 24.0. The lowest BCUT2D eigenvalue weighted by Crippen LogP contribution is -1.96. The van der Waals surface area contributed by atoms with Gasteiger partial charge in [0.25, 0.3) is 0 Å². The van der Waals surface area contributed by atoms with Crippen LogP contribution in [-0.2, 0) is 0 Å². The van der Waals surface area contributed by atoms with Crippen molar-refractivity contribution in [2.75, 3.05) is 6.61 Å². The summed E-state index contributed by atoms with van der Waals surface area (Å²) in [5.41, 5.74) is 0. The number of rotatable bonds is 24. The van der Waals surface area contributed by atoms with E-state index >= 15 is 0 Å². The van der Waals surface area contributed by atoms with E-state index in [0.29, 0.717) is 6.61 Å².